The fraction of sp³-hybridized carbons (Fsp3) is 0.267. The van der Waals surface area contributed by atoms with Crippen LogP contribution in [0.2, 0.25) is 0 Å². The van der Waals surface area contributed by atoms with Gasteiger partial charge in [0.05, 0.1) is 13.5 Å². The molecule has 1 amide bonds. The number of aryl methyl sites for hydroxylation is 2. The average molecular weight is 258 g/mol. The maximum atomic E-state index is 12.0. The number of nitrogens with zero attached hydrogens (tertiary/aromatic N) is 1. The lowest BCUT2D eigenvalue weighted by Crippen LogP contribution is -2.26. The van der Waals surface area contributed by atoms with Crippen molar-refractivity contribution in [3.8, 4) is 5.75 Å². The smallest absolute Gasteiger partial charge is 0.243 e. The van der Waals surface area contributed by atoms with Crippen LogP contribution in [0.4, 0.5) is 0 Å². The number of amides is 1. The van der Waals surface area contributed by atoms with Crippen LogP contribution >= 0.6 is 0 Å². The number of ether oxygens (including phenoxy) is 1. The van der Waals surface area contributed by atoms with Crippen LogP contribution < -0.4 is 10.2 Å². The number of benzene rings is 1. The fourth-order valence-corrected chi connectivity index (χ4v) is 1.94. The molecular weight excluding hydrogens is 240 g/mol. The zero-order valence-corrected chi connectivity index (χ0v) is 11.4. The summed E-state index contributed by atoms with van der Waals surface area (Å²) in [7, 11) is 1.62. The first-order chi connectivity index (χ1) is 9.10. The second-order valence-electron chi connectivity index (χ2n) is 4.51. The number of carbonyl (C=O) groups excluding carboxylic acids is 1. The summed E-state index contributed by atoms with van der Waals surface area (Å²) in [5.41, 5.74) is 5.87. The molecule has 2 aromatic rings. The van der Waals surface area contributed by atoms with Crippen molar-refractivity contribution >= 4 is 5.91 Å². The molecule has 100 valence electrons. The maximum Gasteiger partial charge on any atom is 0.243 e. The van der Waals surface area contributed by atoms with Crippen LogP contribution in [0.1, 0.15) is 17.0 Å². The van der Waals surface area contributed by atoms with Crippen molar-refractivity contribution in [3.05, 3.63) is 53.3 Å². The minimum atomic E-state index is -0.0347. The van der Waals surface area contributed by atoms with Gasteiger partial charge in [-0.1, -0.05) is 12.1 Å². The van der Waals surface area contributed by atoms with Gasteiger partial charge in [0.25, 0.3) is 0 Å². The summed E-state index contributed by atoms with van der Waals surface area (Å²) in [4.78, 5) is 12.0. The zero-order valence-electron chi connectivity index (χ0n) is 11.4. The molecule has 0 aliphatic carbocycles. The molecule has 2 rings (SSSR count). The molecule has 0 bridgehead atoms. The van der Waals surface area contributed by atoms with E-state index in [1.165, 1.54) is 0 Å². The molecule has 0 saturated heterocycles. The predicted molar refractivity (Wildman–Crippen MR) is 75.0 cm³/mol. The summed E-state index contributed by atoms with van der Waals surface area (Å²) in [6, 6.07) is 11.5. The molecule has 0 saturated carbocycles. The molecule has 1 heterocycles. The first-order valence-electron chi connectivity index (χ1n) is 6.18. The second-order valence-corrected chi connectivity index (χ2v) is 4.51. The SMILES string of the molecule is COc1ccc(CC(=O)Nn2c(C)ccc2C)cc1. The predicted octanol–water partition coefficient (Wildman–Crippen LogP) is 2.43. The highest BCUT2D eigenvalue weighted by atomic mass is 16.5. The molecule has 0 atom stereocenters. The van der Waals surface area contributed by atoms with Crippen molar-refractivity contribution in [3.63, 3.8) is 0 Å². The van der Waals surface area contributed by atoms with Crippen LogP contribution in [-0.2, 0) is 11.2 Å². The van der Waals surface area contributed by atoms with E-state index in [9.17, 15) is 4.79 Å². The van der Waals surface area contributed by atoms with Crippen molar-refractivity contribution in [1.82, 2.24) is 4.68 Å². The lowest BCUT2D eigenvalue weighted by molar-refractivity contribution is -0.116. The van der Waals surface area contributed by atoms with Gasteiger partial charge < -0.3 is 4.74 Å². The number of methoxy groups -OCH3 is 1. The van der Waals surface area contributed by atoms with Crippen molar-refractivity contribution < 1.29 is 9.53 Å². The van der Waals surface area contributed by atoms with Gasteiger partial charge in [-0.3, -0.25) is 14.9 Å². The third-order valence-corrected chi connectivity index (χ3v) is 3.03. The minimum absolute atomic E-state index is 0.0347. The molecule has 0 radical (unpaired) electrons. The van der Waals surface area contributed by atoms with Crippen LogP contribution in [0.25, 0.3) is 0 Å². The Balaban J connectivity index is 2.01. The summed E-state index contributed by atoms with van der Waals surface area (Å²) >= 11 is 0. The summed E-state index contributed by atoms with van der Waals surface area (Å²) in [5, 5.41) is 0. The van der Waals surface area contributed by atoms with E-state index in [-0.39, 0.29) is 5.91 Å². The molecule has 0 unspecified atom stereocenters. The van der Waals surface area contributed by atoms with Gasteiger partial charge in [-0.05, 0) is 43.7 Å². The van der Waals surface area contributed by atoms with Gasteiger partial charge in [-0.15, -0.1) is 0 Å². The topological polar surface area (TPSA) is 43.3 Å². The van der Waals surface area contributed by atoms with Crippen molar-refractivity contribution in [2.24, 2.45) is 0 Å². The lowest BCUT2D eigenvalue weighted by Gasteiger charge is -2.11. The molecule has 0 aliphatic rings. The Bertz CT molecular complexity index is 551. The Morgan fingerprint density at radius 2 is 1.68 bits per heavy atom. The molecule has 0 aliphatic heterocycles. The Morgan fingerprint density at radius 3 is 2.21 bits per heavy atom. The molecule has 19 heavy (non-hydrogen) atoms. The third-order valence-electron chi connectivity index (χ3n) is 3.03. The summed E-state index contributed by atoms with van der Waals surface area (Å²) in [5.74, 6) is 0.758. The number of hydrogen-bond donors (Lipinski definition) is 1. The molecule has 0 fully saturated rings. The van der Waals surface area contributed by atoms with Crippen molar-refractivity contribution in [1.29, 1.82) is 0 Å². The van der Waals surface area contributed by atoms with Gasteiger partial charge in [0.2, 0.25) is 5.91 Å². The second kappa shape index (κ2) is 5.61. The first-order valence-corrected chi connectivity index (χ1v) is 6.18. The number of rotatable bonds is 4. The highest BCUT2D eigenvalue weighted by Crippen LogP contribution is 2.12. The minimum Gasteiger partial charge on any atom is -0.497 e. The van der Waals surface area contributed by atoms with Gasteiger partial charge >= 0.3 is 0 Å². The van der Waals surface area contributed by atoms with Crippen LogP contribution in [0.5, 0.6) is 5.75 Å². The number of hydrogen-bond acceptors (Lipinski definition) is 2. The van der Waals surface area contributed by atoms with Crippen LogP contribution in [0, 0.1) is 13.8 Å². The van der Waals surface area contributed by atoms with E-state index in [0.717, 1.165) is 22.7 Å². The zero-order chi connectivity index (χ0) is 13.8. The van der Waals surface area contributed by atoms with E-state index in [1.807, 2.05) is 50.2 Å². The Morgan fingerprint density at radius 1 is 1.11 bits per heavy atom. The Labute approximate surface area is 113 Å². The van der Waals surface area contributed by atoms with Crippen LogP contribution in [0.15, 0.2) is 36.4 Å². The standard InChI is InChI=1S/C15H18N2O2/c1-11-4-5-12(2)17(11)16-15(18)10-13-6-8-14(19-3)9-7-13/h4-9H,10H2,1-3H3,(H,16,18). The van der Waals surface area contributed by atoms with E-state index >= 15 is 0 Å². The number of nitrogens with one attached hydrogen (secondary N) is 1. The molecule has 0 spiro atoms. The average Bonchev–Trinajstić information content (AvgIpc) is 2.71. The summed E-state index contributed by atoms with van der Waals surface area (Å²) in [6.45, 7) is 3.92. The molecule has 4 nitrogen and oxygen atoms in total. The van der Waals surface area contributed by atoms with Gasteiger partial charge in [0, 0.05) is 11.4 Å². The molecule has 4 heteroatoms. The van der Waals surface area contributed by atoms with Gasteiger partial charge in [-0.2, -0.15) is 0 Å². The Hall–Kier alpha value is -2.23. The van der Waals surface area contributed by atoms with Gasteiger partial charge in [0.1, 0.15) is 5.75 Å². The largest absolute Gasteiger partial charge is 0.497 e. The summed E-state index contributed by atoms with van der Waals surface area (Å²) in [6.07, 6.45) is 0.348. The number of aromatic nitrogens is 1. The van der Waals surface area contributed by atoms with Crippen molar-refractivity contribution in [2.45, 2.75) is 20.3 Å². The van der Waals surface area contributed by atoms with E-state index in [4.69, 9.17) is 4.74 Å². The first kappa shape index (κ1) is 13.2. The van der Waals surface area contributed by atoms with Gasteiger partial charge in [0.15, 0.2) is 0 Å². The third kappa shape index (κ3) is 3.16. The van der Waals surface area contributed by atoms with E-state index in [1.54, 1.807) is 11.8 Å². The molecule has 1 aromatic heterocycles. The van der Waals surface area contributed by atoms with E-state index < -0.39 is 0 Å². The van der Waals surface area contributed by atoms with E-state index in [0.29, 0.717) is 6.42 Å². The normalized spacial score (nSPS) is 10.3. The van der Waals surface area contributed by atoms with Gasteiger partial charge in [-0.25, -0.2) is 0 Å². The highest BCUT2D eigenvalue weighted by molar-refractivity contribution is 5.85. The summed E-state index contributed by atoms with van der Waals surface area (Å²) < 4.78 is 6.88. The van der Waals surface area contributed by atoms with E-state index in [2.05, 4.69) is 5.43 Å². The fourth-order valence-electron chi connectivity index (χ4n) is 1.94. The molecule has 1 aromatic carbocycles. The maximum absolute atomic E-state index is 12.0. The van der Waals surface area contributed by atoms with Crippen LogP contribution in [0.3, 0.4) is 0 Å². The quantitative estimate of drug-likeness (QED) is 0.915. The van der Waals surface area contributed by atoms with Crippen LogP contribution in [-0.4, -0.2) is 17.7 Å². The highest BCUT2D eigenvalue weighted by Gasteiger charge is 2.07. The Kier molecular flexibility index (Phi) is 3.90. The molecular formula is C15H18N2O2. The lowest BCUT2D eigenvalue weighted by atomic mass is 10.1. The monoisotopic (exact) mass is 258 g/mol. The number of carbonyl (C=O) groups is 1. The molecule has 1 N–H and O–H groups in total. The van der Waals surface area contributed by atoms with Crippen molar-refractivity contribution in [2.75, 3.05) is 12.5 Å².